The maximum absolute atomic E-state index is 11.3. The summed E-state index contributed by atoms with van der Waals surface area (Å²) in [6.45, 7) is 13.8. The number of fused-ring (bicyclic) bond motifs is 3. The monoisotopic (exact) mass is 330 g/mol. The van der Waals surface area contributed by atoms with Gasteiger partial charge in [0.1, 0.15) is 0 Å². The zero-order chi connectivity index (χ0) is 17.8. The molecular formula is C22H34O2. The van der Waals surface area contributed by atoms with Crippen LogP contribution in [0.3, 0.4) is 0 Å². The van der Waals surface area contributed by atoms with Gasteiger partial charge in [0.15, 0.2) is 0 Å². The topological polar surface area (TPSA) is 37.3 Å². The van der Waals surface area contributed by atoms with E-state index in [4.69, 9.17) is 0 Å². The lowest BCUT2D eigenvalue weighted by Gasteiger charge is -2.66. The minimum atomic E-state index is -0.652. The van der Waals surface area contributed by atoms with E-state index in [9.17, 15) is 9.90 Å². The van der Waals surface area contributed by atoms with Crippen LogP contribution in [0.1, 0.15) is 72.6 Å². The third kappa shape index (κ3) is 2.48. The third-order valence-corrected chi connectivity index (χ3v) is 8.47. The molecule has 3 aliphatic rings. The average Bonchev–Trinajstić information content (AvgIpc) is 2.88. The van der Waals surface area contributed by atoms with Crippen molar-refractivity contribution in [3.8, 4) is 0 Å². The van der Waals surface area contributed by atoms with Crippen LogP contribution in [0.4, 0.5) is 0 Å². The van der Waals surface area contributed by atoms with Crippen LogP contribution in [-0.4, -0.2) is 11.1 Å². The Hall–Kier alpha value is -1.05. The van der Waals surface area contributed by atoms with Gasteiger partial charge in [-0.05, 0) is 79.4 Å². The summed E-state index contributed by atoms with van der Waals surface area (Å²) in [5.41, 5.74) is 2.09. The number of hydrogen-bond donors (Lipinski definition) is 1. The fourth-order valence-corrected chi connectivity index (χ4v) is 6.60. The lowest BCUT2D eigenvalue weighted by Crippen LogP contribution is -2.58. The van der Waals surface area contributed by atoms with Crippen LogP contribution in [0.15, 0.2) is 24.3 Å². The lowest BCUT2D eigenvalue weighted by molar-refractivity contribution is -0.164. The fourth-order valence-electron chi connectivity index (χ4n) is 6.60. The average molecular weight is 331 g/mol. The van der Waals surface area contributed by atoms with Gasteiger partial charge in [0.25, 0.3) is 0 Å². The number of carbonyl (C=O) groups is 1. The van der Waals surface area contributed by atoms with Crippen molar-refractivity contribution in [1.82, 2.24) is 0 Å². The van der Waals surface area contributed by atoms with Crippen LogP contribution in [0.2, 0.25) is 0 Å². The maximum Gasteiger partial charge on any atom is 0.303 e. The first-order valence-corrected chi connectivity index (χ1v) is 9.66. The molecule has 3 aliphatic carbocycles. The molecule has 2 nitrogen and oxygen atoms in total. The Morgan fingerprint density at radius 1 is 1.29 bits per heavy atom. The zero-order valence-corrected chi connectivity index (χ0v) is 15.9. The van der Waals surface area contributed by atoms with Crippen molar-refractivity contribution in [2.45, 2.75) is 72.6 Å². The minimum absolute atomic E-state index is 0.125. The highest BCUT2D eigenvalue weighted by molar-refractivity contribution is 5.66. The number of carboxylic acids is 1. The van der Waals surface area contributed by atoms with E-state index in [2.05, 4.69) is 46.4 Å². The number of carboxylic acid groups (broad SMARTS) is 1. The van der Waals surface area contributed by atoms with Crippen LogP contribution < -0.4 is 0 Å². The van der Waals surface area contributed by atoms with E-state index >= 15 is 0 Å². The molecule has 0 heterocycles. The fraction of sp³-hybridized carbons (Fsp3) is 0.773. The van der Waals surface area contributed by atoms with E-state index in [0.29, 0.717) is 35.0 Å². The molecule has 0 spiro atoms. The second-order valence-electron chi connectivity index (χ2n) is 9.70. The first-order chi connectivity index (χ1) is 11.1. The smallest absolute Gasteiger partial charge is 0.303 e. The van der Waals surface area contributed by atoms with E-state index in [0.717, 1.165) is 12.8 Å². The SMILES string of the molecule is C=C(C)[C@@H]1CC[C@]2(C)[C@@H](C1)[C@](C)(CCC(=O)O)C[C@@H]1C=CC[C@]12C. The largest absolute Gasteiger partial charge is 0.481 e. The highest BCUT2D eigenvalue weighted by atomic mass is 16.4. The van der Waals surface area contributed by atoms with E-state index in [1.165, 1.54) is 31.3 Å². The van der Waals surface area contributed by atoms with Gasteiger partial charge in [0.05, 0.1) is 0 Å². The Morgan fingerprint density at radius 3 is 2.62 bits per heavy atom. The van der Waals surface area contributed by atoms with Crippen LogP contribution in [-0.2, 0) is 4.79 Å². The zero-order valence-electron chi connectivity index (χ0n) is 15.9. The van der Waals surface area contributed by atoms with Crippen LogP contribution in [0.25, 0.3) is 0 Å². The molecule has 6 atom stereocenters. The standard InChI is InChI=1S/C22H34O2/c1-15(2)16-8-12-22(5)18(13-16)20(3,11-9-19(23)24)14-17-7-6-10-21(17,22)4/h6-7,16-18H,1,8-14H2,2-5H3,(H,23,24)/t16-,17+,18+,20-,21-,22-/m1/s1. The molecule has 0 unspecified atom stereocenters. The van der Waals surface area contributed by atoms with Gasteiger partial charge in [-0.3, -0.25) is 4.79 Å². The van der Waals surface area contributed by atoms with Gasteiger partial charge in [-0.2, -0.15) is 0 Å². The summed E-state index contributed by atoms with van der Waals surface area (Å²) in [5, 5.41) is 9.27. The molecule has 0 aromatic heterocycles. The Bertz CT molecular complexity index is 577. The molecule has 1 N–H and O–H groups in total. The molecule has 0 saturated heterocycles. The molecule has 2 saturated carbocycles. The molecule has 0 bridgehead atoms. The predicted molar refractivity (Wildman–Crippen MR) is 98.7 cm³/mol. The summed E-state index contributed by atoms with van der Waals surface area (Å²) in [6.07, 6.45) is 12.0. The van der Waals surface area contributed by atoms with Gasteiger partial charge >= 0.3 is 5.97 Å². The Balaban J connectivity index is 1.98. The Morgan fingerprint density at radius 2 is 2.00 bits per heavy atom. The van der Waals surface area contributed by atoms with Crippen molar-refractivity contribution in [3.05, 3.63) is 24.3 Å². The summed E-state index contributed by atoms with van der Waals surface area (Å²) in [4.78, 5) is 11.3. The maximum atomic E-state index is 11.3. The summed E-state index contributed by atoms with van der Waals surface area (Å²) in [5.74, 6) is 1.17. The van der Waals surface area contributed by atoms with E-state index in [1.807, 2.05) is 0 Å². The van der Waals surface area contributed by atoms with Gasteiger partial charge in [-0.15, -0.1) is 0 Å². The van der Waals surface area contributed by atoms with Crippen molar-refractivity contribution >= 4 is 5.97 Å². The molecule has 0 aromatic rings. The number of allylic oxidation sites excluding steroid dienone is 3. The predicted octanol–water partition coefficient (Wildman–Crippen LogP) is 5.84. The highest BCUT2D eigenvalue weighted by Gasteiger charge is 2.63. The lowest BCUT2D eigenvalue weighted by atomic mass is 9.39. The molecule has 0 amide bonds. The van der Waals surface area contributed by atoms with Crippen molar-refractivity contribution in [3.63, 3.8) is 0 Å². The van der Waals surface area contributed by atoms with Gasteiger partial charge in [-0.25, -0.2) is 0 Å². The van der Waals surface area contributed by atoms with E-state index < -0.39 is 5.97 Å². The van der Waals surface area contributed by atoms with Crippen LogP contribution in [0.5, 0.6) is 0 Å². The Labute approximate surface area is 147 Å². The van der Waals surface area contributed by atoms with E-state index in [-0.39, 0.29) is 5.41 Å². The molecule has 2 fully saturated rings. The molecule has 0 radical (unpaired) electrons. The van der Waals surface area contributed by atoms with Crippen LogP contribution in [0, 0.1) is 34.0 Å². The van der Waals surface area contributed by atoms with Gasteiger partial charge in [0.2, 0.25) is 0 Å². The van der Waals surface area contributed by atoms with Crippen molar-refractivity contribution in [2.75, 3.05) is 0 Å². The number of rotatable bonds is 4. The normalized spacial score (nSPS) is 47.1. The first kappa shape index (κ1) is 17.8. The molecule has 0 aromatic carbocycles. The molecule has 24 heavy (non-hydrogen) atoms. The van der Waals surface area contributed by atoms with E-state index in [1.54, 1.807) is 0 Å². The summed E-state index contributed by atoms with van der Waals surface area (Å²) in [6, 6.07) is 0. The van der Waals surface area contributed by atoms with Gasteiger partial charge in [0, 0.05) is 6.42 Å². The molecule has 0 aliphatic heterocycles. The number of hydrogen-bond acceptors (Lipinski definition) is 1. The summed E-state index contributed by atoms with van der Waals surface area (Å²) < 4.78 is 0. The molecular weight excluding hydrogens is 296 g/mol. The molecule has 134 valence electrons. The van der Waals surface area contributed by atoms with Gasteiger partial charge < -0.3 is 5.11 Å². The van der Waals surface area contributed by atoms with Gasteiger partial charge in [-0.1, -0.05) is 45.1 Å². The summed E-state index contributed by atoms with van der Waals surface area (Å²) in [7, 11) is 0. The molecule has 2 heteroatoms. The highest BCUT2D eigenvalue weighted by Crippen LogP contribution is 2.71. The van der Waals surface area contributed by atoms with Crippen LogP contribution >= 0.6 is 0 Å². The second-order valence-corrected chi connectivity index (χ2v) is 9.70. The Kier molecular flexibility index (Phi) is 4.25. The summed E-state index contributed by atoms with van der Waals surface area (Å²) >= 11 is 0. The number of aliphatic carboxylic acids is 1. The minimum Gasteiger partial charge on any atom is -0.481 e. The second kappa shape index (κ2) is 5.75. The van der Waals surface area contributed by atoms with Crippen molar-refractivity contribution in [2.24, 2.45) is 34.0 Å². The third-order valence-electron chi connectivity index (χ3n) is 8.47. The quantitative estimate of drug-likeness (QED) is 0.657. The first-order valence-electron chi connectivity index (χ1n) is 9.66. The molecule has 3 rings (SSSR count). The van der Waals surface area contributed by atoms with Crippen molar-refractivity contribution < 1.29 is 9.90 Å². The van der Waals surface area contributed by atoms with Crippen molar-refractivity contribution in [1.29, 1.82) is 0 Å².